The fourth-order valence-corrected chi connectivity index (χ4v) is 4.35. The first kappa shape index (κ1) is 19.0. The topological polar surface area (TPSA) is 88.3 Å². The lowest BCUT2D eigenvalue weighted by Crippen LogP contribution is -2.41. The number of urea groups is 1. The maximum Gasteiger partial charge on any atom is 0.325 e. The van der Waals surface area contributed by atoms with Gasteiger partial charge >= 0.3 is 6.03 Å². The van der Waals surface area contributed by atoms with Gasteiger partial charge in [-0.15, -0.1) is 10.2 Å². The molecule has 2 heterocycles. The second kappa shape index (κ2) is 7.05. The number of amides is 3. The van der Waals surface area contributed by atoms with E-state index in [0.717, 1.165) is 39.8 Å². The molecule has 1 aliphatic carbocycles. The molecule has 7 nitrogen and oxygen atoms in total. The zero-order valence-corrected chi connectivity index (χ0v) is 17.9. The summed E-state index contributed by atoms with van der Waals surface area (Å²) in [4.78, 5) is 27.0. The Bertz CT molecular complexity index is 1160. The highest BCUT2D eigenvalue weighted by Gasteiger charge is 2.49. The normalized spacial score (nSPS) is 20.5. The molecular formula is C22H19BrN4O3. The van der Waals surface area contributed by atoms with Crippen molar-refractivity contribution in [1.82, 2.24) is 20.4 Å². The summed E-state index contributed by atoms with van der Waals surface area (Å²) in [5.74, 6) is 0.217. The second-order valence-electron chi connectivity index (χ2n) is 7.79. The minimum absolute atomic E-state index is 0.0747. The van der Waals surface area contributed by atoms with Crippen LogP contribution in [0.4, 0.5) is 4.79 Å². The van der Waals surface area contributed by atoms with Gasteiger partial charge in [0.1, 0.15) is 12.1 Å². The lowest BCUT2D eigenvalue weighted by atomic mass is 9.90. The molecule has 2 aromatic carbocycles. The van der Waals surface area contributed by atoms with Crippen LogP contribution in [0.5, 0.6) is 0 Å². The molecule has 3 aromatic rings. The molecule has 0 radical (unpaired) electrons. The molecule has 0 saturated carbocycles. The van der Waals surface area contributed by atoms with E-state index in [1.165, 1.54) is 11.1 Å². The Labute approximate surface area is 181 Å². The quantitative estimate of drug-likeness (QED) is 0.587. The first-order valence-corrected chi connectivity index (χ1v) is 10.6. The van der Waals surface area contributed by atoms with Crippen LogP contribution >= 0.6 is 15.9 Å². The zero-order valence-electron chi connectivity index (χ0n) is 16.3. The number of carbonyl (C=O) groups excluding carboxylic acids is 2. The van der Waals surface area contributed by atoms with Gasteiger partial charge in [-0.1, -0.05) is 34.1 Å². The van der Waals surface area contributed by atoms with Crippen LogP contribution in [0.1, 0.15) is 35.9 Å². The van der Waals surface area contributed by atoms with Crippen LogP contribution in [0.15, 0.2) is 51.4 Å². The molecule has 152 valence electrons. The summed E-state index contributed by atoms with van der Waals surface area (Å²) in [5.41, 5.74) is 3.03. The number of carbonyl (C=O) groups is 2. The summed E-state index contributed by atoms with van der Waals surface area (Å²) in [7, 11) is 0. The van der Waals surface area contributed by atoms with E-state index in [1.54, 1.807) is 6.92 Å². The van der Waals surface area contributed by atoms with Crippen LogP contribution in [0.2, 0.25) is 0 Å². The van der Waals surface area contributed by atoms with Gasteiger partial charge in [-0.05, 0) is 67.1 Å². The van der Waals surface area contributed by atoms with Crippen molar-refractivity contribution in [3.63, 3.8) is 0 Å². The first-order valence-electron chi connectivity index (χ1n) is 9.79. The minimum Gasteiger partial charge on any atom is -0.419 e. The monoisotopic (exact) mass is 466 g/mol. The Kier molecular flexibility index (Phi) is 4.47. The Morgan fingerprint density at radius 2 is 1.87 bits per heavy atom. The van der Waals surface area contributed by atoms with Gasteiger partial charge in [0.25, 0.3) is 5.91 Å². The highest BCUT2D eigenvalue weighted by molar-refractivity contribution is 9.10. The molecule has 30 heavy (non-hydrogen) atoms. The standard InChI is InChI=1S/C22H19BrN4O3/c1-22(16-8-5-13-3-2-4-15(13)11-16)20(28)27(21(29)24-22)12-18-25-26-19(30-18)14-6-9-17(23)10-7-14/h5-11H,2-4,12H2,1H3,(H,24,29)/t22-/m0/s1. The number of fused-ring (bicyclic) bond motifs is 1. The SMILES string of the molecule is C[C@@]1(c2ccc3c(c2)CCC3)NC(=O)N(Cc2nnc(-c3ccc(Br)cc3)o2)C1=O. The molecule has 2 aliphatic rings. The molecule has 1 atom stereocenters. The number of aromatic nitrogens is 2. The number of nitrogens with one attached hydrogen (secondary N) is 1. The average molecular weight is 467 g/mol. The van der Waals surface area contributed by atoms with Crippen LogP contribution in [-0.2, 0) is 29.7 Å². The number of aryl methyl sites for hydroxylation is 2. The highest BCUT2D eigenvalue weighted by atomic mass is 79.9. The minimum atomic E-state index is -1.11. The van der Waals surface area contributed by atoms with Gasteiger partial charge in [-0.2, -0.15) is 0 Å². The Morgan fingerprint density at radius 1 is 1.10 bits per heavy atom. The maximum absolute atomic E-state index is 13.2. The van der Waals surface area contributed by atoms with Crippen molar-refractivity contribution in [2.45, 2.75) is 38.3 Å². The molecule has 8 heteroatoms. The predicted octanol–water partition coefficient (Wildman–Crippen LogP) is 3.96. The summed E-state index contributed by atoms with van der Waals surface area (Å²) < 4.78 is 6.63. The lowest BCUT2D eigenvalue weighted by Gasteiger charge is -2.23. The van der Waals surface area contributed by atoms with Crippen molar-refractivity contribution < 1.29 is 14.0 Å². The van der Waals surface area contributed by atoms with Gasteiger partial charge < -0.3 is 9.73 Å². The summed E-state index contributed by atoms with van der Waals surface area (Å²) in [5, 5.41) is 10.9. The number of hydrogen-bond acceptors (Lipinski definition) is 5. The number of rotatable bonds is 4. The van der Waals surface area contributed by atoms with Crippen molar-refractivity contribution in [2.75, 3.05) is 0 Å². The lowest BCUT2D eigenvalue weighted by molar-refractivity contribution is -0.131. The van der Waals surface area contributed by atoms with Gasteiger partial charge in [0, 0.05) is 10.0 Å². The van der Waals surface area contributed by atoms with E-state index in [4.69, 9.17) is 4.42 Å². The van der Waals surface area contributed by atoms with E-state index in [-0.39, 0.29) is 18.3 Å². The molecule has 1 aromatic heterocycles. The third kappa shape index (κ3) is 3.11. The Hall–Kier alpha value is -3.00. The van der Waals surface area contributed by atoms with E-state index in [0.29, 0.717) is 5.89 Å². The summed E-state index contributed by atoms with van der Waals surface area (Å²) in [6, 6.07) is 13.0. The van der Waals surface area contributed by atoms with Crippen LogP contribution in [-0.4, -0.2) is 27.0 Å². The number of hydrogen-bond donors (Lipinski definition) is 1. The van der Waals surface area contributed by atoms with E-state index >= 15 is 0 Å². The molecular weight excluding hydrogens is 448 g/mol. The largest absolute Gasteiger partial charge is 0.419 e. The van der Waals surface area contributed by atoms with Crippen molar-refractivity contribution in [3.05, 3.63) is 69.5 Å². The Morgan fingerprint density at radius 3 is 2.67 bits per heavy atom. The van der Waals surface area contributed by atoms with Crippen molar-refractivity contribution in [2.24, 2.45) is 0 Å². The molecule has 5 rings (SSSR count). The molecule has 1 fully saturated rings. The summed E-state index contributed by atoms with van der Waals surface area (Å²) >= 11 is 3.39. The molecule has 1 aliphatic heterocycles. The van der Waals surface area contributed by atoms with Crippen LogP contribution < -0.4 is 5.32 Å². The summed E-state index contributed by atoms with van der Waals surface area (Å²) in [6.45, 7) is 1.67. The van der Waals surface area contributed by atoms with Crippen molar-refractivity contribution >= 4 is 27.9 Å². The van der Waals surface area contributed by atoms with Crippen molar-refractivity contribution in [3.8, 4) is 11.5 Å². The summed E-state index contributed by atoms with van der Waals surface area (Å²) in [6.07, 6.45) is 3.20. The molecule has 0 unspecified atom stereocenters. The first-order chi connectivity index (χ1) is 14.4. The van der Waals surface area contributed by atoms with E-state index in [2.05, 4.69) is 37.5 Å². The van der Waals surface area contributed by atoms with E-state index < -0.39 is 11.6 Å². The molecule has 1 N–H and O–H groups in total. The third-order valence-corrected chi connectivity index (χ3v) is 6.33. The average Bonchev–Trinajstić information content (AvgIpc) is 3.44. The van der Waals surface area contributed by atoms with Crippen LogP contribution in [0.3, 0.4) is 0 Å². The number of imide groups is 1. The third-order valence-electron chi connectivity index (χ3n) is 5.80. The smallest absolute Gasteiger partial charge is 0.325 e. The zero-order chi connectivity index (χ0) is 20.9. The molecule has 1 saturated heterocycles. The van der Waals surface area contributed by atoms with E-state index in [9.17, 15) is 9.59 Å². The fraction of sp³-hybridized carbons (Fsp3) is 0.273. The fourth-order valence-electron chi connectivity index (χ4n) is 4.08. The van der Waals surface area contributed by atoms with Gasteiger partial charge in [0.2, 0.25) is 11.8 Å². The van der Waals surface area contributed by atoms with Gasteiger partial charge in [0.05, 0.1) is 0 Å². The molecule has 0 spiro atoms. The number of benzene rings is 2. The van der Waals surface area contributed by atoms with Gasteiger partial charge in [-0.3, -0.25) is 9.69 Å². The maximum atomic E-state index is 13.2. The second-order valence-corrected chi connectivity index (χ2v) is 8.71. The number of nitrogens with zero attached hydrogens (tertiary/aromatic N) is 3. The highest BCUT2D eigenvalue weighted by Crippen LogP contribution is 2.33. The van der Waals surface area contributed by atoms with Crippen LogP contribution in [0.25, 0.3) is 11.5 Å². The van der Waals surface area contributed by atoms with Crippen LogP contribution in [0, 0.1) is 0 Å². The van der Waals surface area contributed by atoms with Crippen molar-refractivity contribution in [1.29, 1.82) is 0 Å². The molecule has 3 amide bonds. The molecule has 0 bridgehead atoms. The van der Waals surface area contributed by atoms with E-state index in [1.807, 2.05) is 36.4 Å². The predicted molar refractivity (Wildman–Crippen MR) is 112 cm³/mol. The number of halogens is 1. The van der Waals surface area contributed by atoms with Gasteiger partial charge in [-0.25, -0.2) is 4.79 Å². The van der Waals surface area contributed by atoms with Gasteiger partial charge in [0.15, 0.2) is 0 Å². The Balaban J connectivity index is 1.38.